The molecule has 1 aromatic carbocycles. The van der Waals surface area contributed by atoms with Gasteiger partial charge in [-0.15, -0.1) is 38.1 Å². The number of aromatic nitrogens is 4. The second-order valence-electron chi connectivity index (χ2n) is 6.43. The van der Waals surface area contributed by atoms with Crippen LogP contribution in [0.15, 0.2) is 40.6 Å². The molecule has 0 N–H and O–H groups in total. The first-order chi connectivity index (χ1) is 13.7. The average Bonchev–Trinajstić information content (AvgIpc) is 3.43. The minimum Gasteiger partial charge on any atom is -0.328 e. The van der Waals surface area contributed by atoms with Crippen LogP contribution in [0.4, 0.5) is 0 Å². The largest absolute Gasteiger partial charge is 0.328 e. The fourth-order valence-electron chi connectivity index (χ4n) is 3.30. The van der Waals surface area contributed by atoms with Crippen LogP contribution in [-0.4, -0.2) is 43.8 Å². The number of amides is 1. The van der Waals surface area contributed by atoms with E-state index in [2.05, 4.69) is 21.5 Å². The molecule has 1 amide bonds. The molecule has 4 rings (SSSR count). The summed E-state index contributed by atoms with van der Waals surface area (Å²) in [5, 5.41) is 22.0. The number of carbonyl (C=O) groups excluding carboxylic acids is 1. The van der Waals surface area contributed by atoms with Gasteiger partial charge in [0.1, 0.15) is 0 Å². The fourth-order valence-corrected chi connectivity index (χ4v) is 4.80. The maximum absolute atomic E-state index is 13.1. The number of nitriles is 1. The van der Waals surface area contributed by atoms with Crippen LogP contribution < -0.4 is 0 Å². The van der Waals surface area contributed by atoms with Crippen molar-refractivity contribution < 1.29 is 4.79 Å². The Morgan fingerprint density at radius 2 is 2.21 bits per heavy atom. The van der Waals surface area contributed by atoms with Gasteiger partial charge >= 0.3 is 0 Å². The van der Waals surface area contributed by atoms with Crippen molar-refractivity contribution in [2.45, 2.75) is 29.5 Å². The number of benzene rings is 1. The zero-order chi connectivity index (χ0) is 19.5. The normalized spacial score (nSPS) is 16.7. The Balaban J connectivity index is 1.60. The number of hydrogen-bond acceptors (Lipinski definition) is 7. The first-order valence-corrected chi connectivity index (χ1v) is 11.0. The van der Waals surface area contributed by atoms with Gasteiger partial charge in [-0.3, -0.25) is 4.79 Å². The number of piperidine rings is 1. The molecule has 142 valence electrons. The molecular weight excluding hydrogens is 392 g/mol. The summed E-state index contributed by atoms with van der Waals surface area (Å²) in [7, 11) is 0. The monoisotopic (exact) mass is 410 g/mol. The lowest BCUT2D eigenvalue weighted by Crippen LogP contribution is -2.38. The molecule has 1 aliphatic rings. The van der Waals surface area contributed by atoms with E-state index >= 15 is 0 Å². The van der Waals surface area contributed by atoms with Crippen LogP contribution in [0.1, 0.15) is 46.4 Å². The van der Waals surface area contributed by atoms with Crippen molar-refractivity contribution in [3.8, 4) is 11.8 Å². The van der Waals surface area contributed by atoms with Gasteiger partial charge in [0, 0.05) is 6.54 Å². The van der Waals surface area contributed by atoms with Gasteiger partial charge in [-0.2, -0.15) is 5.26 Å². The lowest BCUT2D eigenvalue weighted by molar-refractivity contribution is 0.0605. The van der Waals surface area contributed by atoms with E-state index in [1.165, 1.54) is 16.1 Å². The highest BCUT2D eigenvalue weighted by molar-refractivity contribution is 8.00. The zero-order valence-electron chi connectivity index (χ0n) is 15.3. The number of thiophene rings is 1. The zero-order valence-corrected chi connectivity index (χ0v) is 16.9. The molecule has 3 heterocycles. The van der Waals surface area contributed by atoms with Crippen LogP contribution in [0.5, 0.6) is 0 Å². The van der Waals surface area contributed by atoms with E-state index in [9.17, 15) is 4.79 Å². The number of nitrogens with zero attached hydrogens (tertiary/aromatic N) is 6. The summed E-state index contributed by atoms with van der Waals surface area (Å²) in [6, 6.07) is 12.9. The molecule has 2 aromatic heterocycles. The summed E-state index contributed by atoms with van der Waals surface area (Å²) in [5.41, 5.74) is 1.21. The van der Waals surface area contributed by atoms with Crippen LogP contribution in [0.2, 0.25) is 0 Å². The Morgan fingerprint density at radius 1 is 1.32 bits per heavy atom. The van der Waals surface area contributed by atoms with Crippen molar-refractivity contribution in [3.63, 3.8) is 0 Å². The summed E-state index contributed by atoms with van der Waals surface area (Å²) < 4.78 is 1.12. The predicted molar refractivity (Wildman–Crippen MR) is 108 cm³/mol. The SMILES string of the molecule is CSc1ccc(C(=O)N2CCCCC2c2nnn(-c3cccc(C#N)c3)n2)s1. The number of carbonyl (C=O) groups is 1. The lowest BCUT2D eigenvalue weighted by Gasteiger charge is -2.33. The van der Waals surface area contributed by atoms with Crippen molar-refractivity contribution in [3.05, 3.63) is 52.7 Å². The molecule has 28 heavy (non-hydrogen) atoms. The van der Waals surface area contributed by atoms with E-state index < -0.39 is 0 Å². The van der Waals surface area contributed by atoms with Crippen molar-refractivity contribution >= 4 is 29.0 Å². The molecule has 9 heteroatoms. The van der Waals surface area contributed by atoms with Gasteiger partial charge in [-0.25, -0.2) is 0 Å². The topological polar surface area (TPSA) is 87.7 Å². The summed E-state index contributed by atoms with van der Waals surface area (Å²) >= 11 is 3.16. The van der Waals surface area contributed by atoms with E-state index in [1.807, 2.05) is 29.4 Å². The maximum Gasteiger partial charge on any atom is 0.264 e. The standard InChI is InChI=1S/C19H18N6OS2/c1-27-17-9-8-16(28-17)19(26)24-10-3-2-7-15(24)18-21-23-25(22-18)14-6-4-5-13(11-14)12-20/h4-6,8-9,11,15H,2-3,7,10H2,1H3. The van der Waals surface area contributed by atoms with Crippen LogP contribution in [0.3, 0.4) is 0 Å². The smallest absolute Gasteiger partial charge is 0.264 e. The third kappa shape index (κ3) is 3.66. The number of tetrazole rings is 1. The molecule has 1 fully saturated rings. The maximum atomic E-state index is 13.1. The minimum atomic E-state index is -0.186. The Morgan fingerprint density at radius 3 is 3.00 bits per heavy atom. The Kier molecular flexibility index (Phi) is 5.41. The molecule has 0 aliphatic carbocycles. The summed E-state index contributed by atoms with van der Waals surface area (Å²) in [5.74, 6) is 0.565. The lowest BCUT2D eigenvalue weighted by atomic mass is 10.0. The molecular formula is C19H18N6OS2. The molecule has 0 bridgehead atoms. The molecule has 3 aromatic rings. The molecule has 0 saturated carbocycles. The summed E-state index contributed by atoms with van der Waals surface area (Å²) in [4.78, 5) is 17.1. The van der Waals surface area contributed by atoms with Crippen molar-refractivity contribution in [1.29, 1.82) is 5.26 Å². The van der Waals surface area contributed by atoms with E-state index in [0.717, 1.165) is 28.3 Å². The third-order valence-electron chi connectivity index (χ3n) is 4.69. The average molecular weight is 411 g/mol. The quantitative estimate of drug-likeness (QED) is 0.610. The van der Waals surface area contributed by atoms with Gasteiger partial charge in [0.05, 0.1) is 32.4 Å². The van der Waals surface area contributed by atoms with Gasteiger partial charge in [-0.05, 0) is 61.1 Å². The van der Waals surface area contributed by atoms with E-state index in [1.54, 1.807) is 30.0 Å². The van der Waals surface area contributed by atoms with Crippen molar-refractivity contribution in [1.82, 2.24) is 25.1 Å². The Hall–Kier alpha value is -2.70. The number of likely N-dealkylation sites (tertiary alicyclic amines) is 1. The molecule has 1 atom stereocenters. The molecule has 1 unspecified atom stereocenters. The van der Waals surface area contributed by atoms with Gasteiger partial charge < -0.3 is 4.90 Å². The fraction of sp³-hybridized carbons (Fsp3) is 0.316. The van der Waals surface area contributed by atoms with Crippen LogP contribution in [0.25, 0.3) is 5.69 Å². The van der Waals surface area contributed by atoms with Crippen molar-refractivity contribution in [2.24, 2.45) is 0 Å². The second-order valence-corrected chi connectivity index (χ2v) is 8.62. The molecule has 1 aliphatic heterocycles. The second kappa shape index (κ2) is 8.12. The van der Waals surface area contributed by atoms with E-state index in [0.29, 0.717) is 23.6 Å². The highest BCUT2D eigenvalue weighted by Gasteiger charge is 2.32. The molecule has 1 saturated heterocycles. The van der Waals surface area contributed by atoms with Gasteiger partial charge in [-0.1, -0.05) is 6.07 Å². The Bertz CT molecular complexity index is 1040. The molecule has 0 spiro atoms. The molecule has 0 radical (unpaired) electrons. The predicted octanol–water partition coefficient (Wildman–Crippen LogP) is 3.68. The number of thioether (sulfide) groups is 1. The summed E-state index contributed by atoms with van der Waals surface area (Å²) in [6.07, 6.45) is 4.82. The van der Waals surface area contributed by atoms with Crippen molar-refractivity contribution in [2.75, 3.05) is 12.8 Å². The van der Waals surface area contributed by atoms with Crippen LogP contribution in [-0.2, 0) is 0 Å². The minimum absolute atomic E-state index is 0.0258. The van der Waals surface area contributed by atoms with Gasteiger partial charge in [0.2, 0.25) is 0 Å². The van der Waals surface area contributed by atoms with Crippen LogP contribution >= 0.6 is 23.1 Å². The highest BCUT2D eigenvalue weighted by Crippen LogP contribution is 2.33. The van der Waals surface area contributed by atoms with Gasteiger partial charge in [0.25, 0.3) is 5.91 Å². The van der Waals surface area contributed by atoms with E-state index in [4.69, 9.17) is 5.26 Å². The number of hydrogen-bond donors (Lipinski definition) is 0. The number of rotatable bonds is 4. The van der Waals surface area contributed by atoms with E-state index in [-0.39, 0.29) is 11.9 Å². The third-order valence-corrected chi connectivity index (χ3v) is 6.85. The van der Waals surface area contributed by atoms with Gasteiger partial charge in [0.15, 0.2) is 5.82 Å². The van der Waals surface area contributed by atoms with Crippen LogP contribution in [0, 0.1) is 11.3 Å². The highest BCUT2D eigenvalue weighted by atomic mass is 32.2. The Labute approximate surface area is 171 Å². The first-order valence-electron chi connectivity index (χ1n) is 8.95. The molecule has 7 nitrogen and oxygen atoms in total. The summed E-state index contributed by atoms with van der Waals surface area (Å²) in [6.45, 7) is 0.689. The first kappa shape index (κ1) is 18.7.